The van der Waals surface area contributed by atoms with Crippen LogP contribution in [0.3, 0.4) is 0 Å². The minimum atomic E-state index is 0.469. The van der Waals surface area contributed by atoms with Crippen molar-refractivity contribution >= 4 is 5.96 Å². The molecule has 25 heavy (non-hydrogen) atoms. The number of hydrogen-bond donors (Lipinski definition) is 2. The van der Waals surface area contributed by atoms with E-state index >= 15 is 0 Å². The molecule has 0 amide bonds. The third kappa shape index (κ3) is 5.19. The van der Waals surface area contributed by atoms with Crippen LogP contribution in [-0.2, 0) is 6.54 Å². The number of nitrogens with zero attached hydrogens (tertiary/aromatic N) is 3. The van der Waals surface area contributed by atoms with Crippen molar-refractivity contribution in [1.82, 2.24) is 20.4 Å². The van der Waals surface area contributed by atoms with Crippen LogP contribution in [0, 0.1) is 5.92 Å². The number of rotatable bonds is 5. The van der Waals surface area contributed by atoms with E-state index in [9.17, 15) is 0 Å². The van der Waals surface area contributed by atoms with Crippen molar-refractivity contribution in [3.63, 3.8) is 0 Å². The van der Waals surface area contributed by atoms with E-state index in [2.05, 4.69) is 69.7 Å². The predicted octanol–water partition coefficient (Wildman–Crippen LogP) is 1.77. The molecule has 0 bridgehead atoms. The Morgan fingerprint density at radius 1 is 1.24 bits per heavy atom. The smallest absolute Gasteiger partial charge is 0.191 e. The van der Waals surface area contributed by atoms with Crippen molar-refractivity contribution < 1.29 is 0 Å². The van der Waals surface area contributed by atoms with Crippen LogP contribution < -0.4 is 10.6 Å². The molecule has 3 atom stereocenters. The predicted molar refractivity (Wildman–Crippen MR) is 105 cm³/mol. The van der Waals surface area contributed by atoms with Gasteiger partial charge in [0.25, 0.3) is 0 Å². The number of hydrogen-bond acceptors (Lipinski definition) is 3. The first-order valence-corrected chi connectivity index (χ1v) is 9.57. The summed E-state index contributed by atoms with van der Waals surface area (Å²) in [5.74, 6) is 1.69. The number of aliphatic imine (C=N–C) groups is 1. The molecule has 138 valence electrons. The average molecular weight is 344 g/mol. The second-order valence-corrected chi connectivity index (χ2v) is 7.71. The van der Waals surface area contributed by atoms with Crippen molar-refractivity contribution in [2.75, 3.05) is 40.3 Å². The topological polar surface area (TPSA) is 42.9 Å². The van der Waals surface area contributed by atoms with Gasteiger partial charge in [0.15, 0.2) is 5.96 Å². The first-order chi connectivity index (χ1) is 12.1. The van der Waals surface area contributed by atoms with Crippen molar-refractivity contribution in [2.24, 2.45) is 10.9 Å². The van der Waals surface area contributed by atoms with Crippen molar-refractivity contribution in [3.8, 4) is 0 Å². The van der Waals surface area contributed by atoms with E-state index in [0.29, 0.717) is 12.1 Å². The molecular formula is C20H33N5. The van der Waals surface area contributed by atoms with E-state index < -0.39 is 0 Å². The Kier molecular flexibility index (Phi) is 6.32. The molecule has 1 aromatic rings. The summed E-state index contributed by atoms with van der Waals surface area (Å²) in [7, 11) is 4.07. The molecule has 5 heteroatoms. The van der Waals surface area contributed by atoms with Gasteiger partial charge in [0, 0.05) is 45.3 Å². The van der Waals surface area contributed by atoms with Gasteiger partial charge in [-0.05, 0) is 44.8 Å². The van der Waals surface area contributed by atoms with Gasteiger partial charge in [0.2, 0.25) is 0 Å². The normalized spacial score (nSPS) is 28.4. The molecule has 2 aliphatic heterocycles. The van der Waals surface area contributed by atoms with Crippen LogP contribution in [0.2, 0.25) is 0 Å². The highest BCUT2D eigenvalue weighted by Crippen LogP contribution is 2.20. The Morgan fingerprint density at radius 2 is 2.04 bits per heavy atom. The van der Waals surface area contributed by atoms with Gasteiger partial charge in [-0.1, -0.05) is 30.3 Å². The summed E-state index contributed by atoms with van der Waals surface area (Å²) in [6.45, 7) is 7.85. The maximum absolute atomic E-state index is 4.43. The average Bonchev–Trinajstić information content (AvgIpc) is 3.18. The first kappa shape index (κ1) is 18.2. The molecule has 0 spiro atoms. The SMILES string of the molecule is CN=C(NCC1CCN(C)C1)NC1CC(C)N(Cc2ccccc2)C1. The largest absolute Gasteiger partial charge is 0.356 e. The number of likely N-dealkylation sites (tertiary alicyclic amines) is 2. The van der Waals surface area contributed by atoms with Crippen LogP contribution in [0.1, 0.15) is 25.3 Å². The quantitative estimate of drug-likeness (QED) is 0.632. The lowest BCUT2D eigenvalue weighted by Crippen LogP contribution is -2.46. The van der Waals surface area contributed by atoms with Crippen LogP contribution >= 0.6 is 0 Å². The molecule has 3 rings (SSSR count). The second-order valence-electron chi connectivity index (χ2n) is 7.71. The molecule has 2 heterocycles. The van der Waals surface area contributed by atoms with Gasteiger partial charge in [-0.15, -0.1) is 0 Å². The van der Waals surface area contributed by atoms with Crippen molar-refractivity contribution in [1.29, 1.82) is 0 Å². The molecule has 0 radical (unpaired) electrons. The Labute approximate surface area is 152 Å². The summed E-state index contributed by atoms with van der Waals surface area (Å²) < 4.78 is 0. The number of benzene rings is 1. The highest BCUT2D eigenvalue weighted by atomic mass is 15.3. The van der Waals surface area contributed by atoms with E-state index in [1.165, 1.54) is 31.5 Å². The lowest BCUT2D eigenvalue weighted by Gasteiger charge is -2.21. The summed E-state index contributed by atoms with van der Waals surface area (Å²) in [6, 6.07) is 11.8. The van der Waals surface area contributed by atoms with E-state index in [-0.39, 0.29) is 0 Å². The lowest BCUT2D eigenvalue weighted by molar-refractivity contribution is 0.258. The van der Waals surface area contributed by atoms with Crippen molar-refractivity contribution in [2.45, 2.75) is 38.4 Å². The molecular weight excluding hydrogens is 310 g/mol. The molecule has 0 aromatic heterocycles. The highest BCUT2D eigenvalue weighted by Gasteiger charge is 2.29. The zero-order valence-electron chi connectivity index (χ0n) is 15.9. The lowest BCUT2D eigenvalue weighted by atomic mass is 10.1. The van der Waals surface area contributed by atoms with E-state index in [1.54, 1.807) is 0 Å². The minimum Gasteiger partial charge on any atom is -0.356 e. The Hall–Kier alpha value is -1.59. The van der Waals surface area contributed by atoms with Gasteiger partial charge >= 0.3 is 0 Å². The van der Waals surface area contributed by atoms with Crippen LogP contribution in [0.5, 0.6) is 0 Å². The van der Waals surface area contributed by atoms with E-state index in [0.717, 1.165) is 31.5 Å². The maximum atomic E-state index is 4.43. The van der Waals surface area contributed by atoms with Gasteiger partial charge in [0.1, 0.15) is 0 Å². The fourth-order valence-electron chi connectivity index (χ4n) is 4.06. The fourth-order valence-corrected chi connectivity index (χ4v) is 4.06. The molecule has 0 aliphatic carbocycles. The minimum absolute atomic E-state index is 0.469. The number of nitrogens with one attached hydrogen (secondary N) is 2. The van der Waals surface area contributed by atoms with E-state index in [1.807, 2.05) is 7.05 Å². The monoisotopic (exact) mass is 343 g/mol. The summed E-state index contributed by atoms with van der Waals surface area (Å²) in [6.07, 6.45) is 2.45. The highest BCUT2D eigenvalue weighted by molar-refractivity contribution is 5.80. The standard InChI is InChI=1S/C20H33N5/c1-16-11-19(15-25(16)14-17-7-5-4-6-8-17)23-20(21-2)22-12-18-9-10-24(3)13-18/h4-8,16,18-19H,9-15H2,1-3H3,(H2,21,22,23). The zero-order valence-corrected chi connectivity index (χ0v) is 15.9. The molecule has 2 saturated heterocycles. The van der Waals surface area contributed by atoms with Gasteiger partial charge < -0.3 is 15.5 Å². The van der Waals surface area contributed by atoms with Crippen molar-refractivity contribution in [3.05, 3.63) is 35.9 Å². The molecule has 2 N–H and O–H groups in total. The Bertz CT molecular complexity index is 558. The molecule has 1 aromatic carbocycles. The van der Waals surface area contributed by atoms with Crippen LogP contribution in [0.15, 0.2) is 35.3 Å². The summed E-state index contributed by atoms with van der Waals surface area (Å²) >= 11 is 0. The molecule has 2 fully saturated rings. The van der Waals surface area contributed by atoms with Crippen LogP contribution in [0.25, 0.3) is 0 Å². The summed E-state index contributed by atoms with van der Waals surface area (Å²) in [5, 5.41) is 7.16. The fraction of sp³-hybridized carbons (Fsp3) is 0.650. The van der Waals surface area contributed by atoms with Gasteiger partial charge in [-0.3, -0.25) is 9.89 Å². The van der Waals surface area contributed by atoms with Gasteiger partial charge in [-0.2, -0.15) is 0 Å². The third-order valence-corrected chi connectivity index (χ3v) is 5.54. The van der Waals surface area contributed by atoms with Gasteiger partial charge in [-0.25, -0.2) is 0 Å². The van der Waals surface area contributed by atoms with E-state index in [4.69, 9.17) is 0 Å². The summed E-state index contributed by atoms with van der Waals surface area (Å²) in [5.41, 5.74) is 1.39. The van der Waals surface area contributed by atoms with Crippen LogP contribution in [-0.4, -0.2) is 68.1 Å². The maximum Gasteiger partial charge on any atom is 0.191 e. The van der Waals surface area contributed by atoms with Crippen LogP contribution in [0.4, 0.5) is 0 Å². The third-order valence-electron chi connectivity index (χ3n) is 5.54. The Morgan fingerprint density at radius 3 is 2.72 bits per heavy atom. The first-order valence-electron chi connectivity index (χ1n) is 9.57. The second kappa shape index (κ2) is 8.68. The molecule has 2 aliphatic rings. The molecule has 0 saturated carbocycles. The Balaban J connectivity index is 1.45. The summed E-state index contributed by atoms with van der Waals surface area (Å²) in [4.78, 5) is 9.40. The number of guanidine groups is 1. The zero-order chi connectivity index (χ0) is 17.6. The van der Waals surface area contributed by atoms with Gasteiger partial charge in [0.05, 0.1) is 0 Å². The molecule has 3 unspecified atom stereocenters. The molecule has 5 nitrogen and oxygen atoms in total.